The first-order valence-corrected chi connectivity index (χ1v) is 9.04. The highest BCUT2D eigenvalue weighted by atomic mass is 16.6. The molecular weight excluding hydrogens is 344 g/mol. The van der Waals surface area contributed by atoms with Crippen LogP contribution in [0, 0.1) is 0 Å². The van der Waals surface area contributed by atoms with Gasteiger partial charge in [-0.3, -0.25) is 9.32 Å². The van der Waals surface area contributed by atoms with E-state index < -0.39 is 5.82 Å². The fourth-order valence-corrected chi connectivity index (χ4v) is 2.96. The number of aryl methyl sites for hydroxylation is 2. The summed E-state index contributed by atoms with van der Waals surface area (Å²) in [5, 5.41) is 6.42. The average molecular weight is 366 g/mol. The second kappa shape index (κ2) is 9.52. The maximum Gasteiger partial charge on any atom is 0.542 e. The Hall–Kier alpha value is -3.15. The molecule has 6 nitrogen and oxygen atoms in total. The van der Waals surface area contributed by atoms with Crippen molar-refractivity contribution >= 4 is 5.91 Å². The molecule has 27 heavy (non-hydrogen) atoms. The highest BCUT2D eigenvalue weighted by Crippen LogP contribution is 2.22. The number of aromatic nitrogens is 1. The van der Waals surface area contributed by atoms with E-state index in [-0.39, 0.29) is 11.9 Å². The summed E-state index contributed by atoms with van der Waals surface area (Å²) in [6.07, 6.45) is 4.06. The lowest BCUT2D eigenvalue weighted by atomic mass is 10.1. The summed E-state index contributed by atoms with van der Waals surface area (Å²) < 4.78 is 8.98. The Morgan fingerprint density at radius 2 is 1.67 bits per heavy atom. The van der Waals surface area contributed by atoms with Crippen LogP contribution in [0.3, 0.4) is 0 Å². The van der Waals surface area contributed by atoms with Crippen molar-refractivity contribution in [3.05, 3.63) is 88.3 Å². The van der Waals surface area contributed by atoms with E-state index in [4.69, 9.17) is 0 Å². The van der Waals surface area contributed by atoms with E-state index in [2.05, 4.69) is 43.7 Å². The monoisotopic (exact) mass is 366 g/mol. The lowest BCUT2D eigenvalue weighted by Crippen LogP contribution is -2.17. The molecule has 0 unspecified atom stereocenters. The van der Waals surface area contributed by atoms with E-state index in [1.54, 1.807) is 0 Å². The normalized spacial score (nSPS) is 15.7. The van der Waals surface area contributed by atoms with Crippen molar-refractivity contribution in [3.63, 3.8) is 0 Å². The SMILES string of the molecule is O=C1CC[C@H](c2ccccc2)N1.O=c1onc(CCCc2ccccc2)o1. The molecule has 1 aliphatic rings. The quantitative estimate of drug-likeness (QED) is 0.748. The van der Waals surface area contributed by atoms with Crippen molar-refractivity contribution in [2.75, 3.05) is 0 Å². The third-order valence-electron chi connectivity index (χ3n) is 4.32. The Bertz CT molecular complexity index is 887. The number of nitrogens with one attached hydrogen (secondary N) is 1. The Labute approximate surface area is 157 Å². The first-order valence-electron chi connectivity index (χ1n) is 9.04. The number of hydrogen-bond acceptors (Lipinski definition) is 5. The molecule has 140 valence electrons. The van der Waals surface area contributed by atoms with Crippen molar-refractivity contribution in [1.82, 2.24) is 10.5 Å². The van der Waals surface area contributed by atoms with Gasteiger partial charge < -0.3 is 9.73 Å². The van der Waals surface area contributed by atoms with Gasteiger partial charge in [-0.2, -0.15) is 0 Å². The maximum atomic E-state index is 10.9. The molecule has 0 radical (unpaired) electrons. The van der Waals surface area contributed by atoms with Crippen LogP contribution in [-0.2, 0) is 17.6 Å². The predicted octanol–water partition coefficient (Wildman–Crippen LogP) is 3.44. The molecule has 1 atom stereocenters. The van der Waals surface area contributed by atoms with Gasteiger partial charge in [-0.15, -0.1) is 0 Å². The molecule has 1 fully saturated rings. The summed E-state index contributed by atoms with van der Waals surface area (Å²) in [4.78, 5) is 21.4. The van der Waals surface area contributed by atoms with Crippen molar-refractivity contribution in [1.29, 1.82) is 0 Å². The third-order valence-corrected chi connectivity index (χ3v) is 4.32. The number of hydrogen-bond donors (Lipinski definition) is 1. The van der Waals surface area contributed by atoms with Gasteiger partial charge in [0, 0.05) is 12.8 Å². The van der Waals surface area contributed by atoms with Crippen LogP contribution in [-0.4, -0.2) is 11.1 Å². The molecule has 4 rings (SSSR count). The van der Waals surface area contributed by atoms with Crippen molar-refractivity contribution in [3.8, 4) is 0 Å². The fourth-order valence-electron chi connectivity index (χ4n) is 2.96. The second-order valence-corrected chi connectivity index (χ2v) is 6.34. The number of amides is 1. The van der Waals surface area contributed by atoms with Gasteiger partial charge >= 0.3 is 5.82 Å². The number of benzene rings is 2. The lowest BCUT2D eigenvalue weighted by molar-refractivity contribution is -0.119. The molecule has 0 aliphatic carbocycles. The number of nitrogens with zero attached hydrogens (tertiary/aromatic N) is 1. The smallest absolute Gasteiger partial charge is 0.375 e. The summed E-state index contributed by atoms with van der Waals surface area (Å²) in [7, 11) is 0. The molecule has 2 aromatic carbocycles. The number of rotatable bonds is 5. The highest BCUT2D eigenvalue weighted by molar-refractivity contribution is 5.78. The molecule has 2 heterocycles. The number of carbonyl (C=O) groups is 1. The second-order valence-electron chi connectivity index (χ2n) is 6.34. The van der Waals surface area contributed by atoms with Gasteiger partial charge in [0.25, 0.3) is 0 Å². The van der Waals surface area contributed by atoms with Crippen LogP contribution in [0.4, 0.5) is 0 Å². The molecule has 1 saturated heterocycles. The van der Waals surface area contributed by atoms with Crippen LogP contribution < -0.4 is 11.1 Å². The first-order chi connectivity index (χ1) is 13.2. The van der Waals surface area contributed by atoms with E-state index in [0.29, 0.717) is 18.7 Å². The third kappa shape index (κ3) is 5.95. The average Bonchev–Trinajstić information content (AvgIpc) is 3.32. The van der Waals surface area contributed by atoms with Gasteiger partial charge in [0.15, 0.2) is 0 Å². The molecule has 1 N–H and O–H groups in total. The van der Waals surface area contributed by atoms with E-state index in [0.717, 1.165) is 19.3 Å². The van der Waals surface area contributed by atoms with Gasteiger partial charge in [-0.25, -0.2) is 4.79 Å². The fraction of sp³-hybridized carbons (Fsp3) is 0.286. The summed E-state index contributed by atoms with van der Waals surface area (Å²) in [5.74, 6) is -0.190. The Morgan fingerprint density at radius 3 is 2.26 bits per heavy atom. The standard InChI is InChI=1S/C11H11NO3.C10H11NO/c13-11-14-10(12-15-11)8-4-7-9-5-2-1-3-6-9;12-10-7-6-9(11-10)8-4-2-1-3-5-8/h1-3,5-6H,4,7-8H2;1-5,9H,6-7H2,(H,11,12)/t;9-/m.1/s1. The van der Waals surface area contributed by atoms with Crippen LogP contribution in [0.25, 0.3) is 0 Å². The minimum atomic E-state index is -0.732. The Kier molecular flexibility index (Phi) is 6.57. The Morgan fingerprint density at radius 1 is 0.963 bits per heavy atom. The van der Waals surface area contributed by atoms with Crippen LogP contribution >= 0.6 is 0 Å². The van der Waals surface area contributed by atoms with Crippen molar-refractivity contribution in [2.45, 2.75) is 38.1 Å². The van der Waals surface area contributed by atoms with E-state index >= 15 is 0 Å². The molecule has 3 aromatic rings. The molecule has 6 heteroatoms. The molecule has 0 bridgehead atoms. The van der Waals surface area contributed by atoms with Gasteiger partial charge in [0.05, 0.1) is 6.04 Å². The minimum absolute atomic E-state index is 0.170. The molecule has 1 aliphatic heterocycles. The lowest BCUT2D eigenvalue weighted by Gasteiger charge is -2.08. The van der Waals surface area contributed by atoms with Gasteiger partial charge in [0.1, 0.15) is 0 Å². The molecule has 1 aromatic heterocycles. The zero-order valence-corrected chi connectivity index (χ0v) is 15.0. The summed E-state index contributed by atoms with van der Waals surface area (Å²) in [6, 6.07) is 20.5. The van der Waals surface area contributed by atoms with E-state index in [9.17, 15) is 9.59 Å². The van der Waals surface area contributed by atoms with Crippen LogP contribution in [0.1, 0.15) is 42.3 Å². The van der Waals surface area contributed by atoms with E-state index in [1.807, 2.05) is 36.4 Å². The number of carbonyl (C=O) groups excluding carboxylic acids is 1. The Balaban J connectivity index is 0.000000159. The minimum Gasteiger partial charge on any atom is -0.375 e. The van der Waals surface area contributed by atoms with Crippen molar-refractivity contribution in [2.24, 2.45) is 0 Å². The first kappa shape index (κ1) is 18.6. The molecule has 0 saturated carbocycles. The van der Waals surface area contributed by atoms with Crippen LogP contribution in [0.5, 0.6) is 0 Å². The van der Waals surface area contributed by atoms with Crippen LogP contribution in [0.15, 0.2) is 74.4 Å². The zero-order valence-electron chi connectivity index (χ0n) is 15.0. The molecule has 1 amide bonds. The van der Waals surface area contributed by atoms with E-state index in [1.165, 1.54) is 11.1 Å². The van der Waals surface area contributed by atoms with Gasteiger partial charge in [-0.05, 0) is 35.5 Å². The summed E-state index contributed by atoms with van der Waals surface area (Å²) >= 11 is 0. The maximum absolute atomic E-state index is 10.9. The van der Waals surface area contributed by atoms with Crippen LogP contribution in [0.2, 0.25) is 0 Å². The van der Waals surface area contributed by atoms with Crippen molar-refractivity contribution < 1.29 is 13.7 Å². The topological polar surface area (TPSA) is 85.3 Å². The van der Waals surface area contributed by atoms with Gasteiger partial charge in [0.2, 0.25) is 11.8 Å². The highest BCUT2D eigenvalue weighted by Gasteiger charge is 2.21. The van der Waals surface area contributed by atoms with Gasteiger partial charge in [-0.1, -0.05) is 60.7 Å². The predicted molar refractivity (Wildman–Crippen MR) is 100 cm³/mol. The summed E-state index contributed by atoms with van der Waals surface area (Å²) in [5.41, 5.74) is 2.48. The largest absolute Gasteiger partial charge is 0.542 e. The zero-order chi connectivity index (χ0) is 18.9. The molecule has 0 spiro atoms. The summed E-state index contributed by atoms with van der Waals surface area (Å²) in [6.45, 7) is 0. The molecular formula is C21H22N2O4.